The molecule has 0 aliphatic carbocycles. The molecule has 6 heteroatoms. The van der Waals surface area contributed by atoms with Crippen LogP contribution in [0.25, 0.3) is 11.1 Å². The first-order valence-corrected chi connectivity index (χ1v) is 12.5. The highest BCUT2D eigenvalue weighted by atomic mass is 19.1. The number of halogens is 1. The van der Waals surface area contributed by atoms with Gasteiger partial charge in [0.2, 0.25) is 0 Å². The fourth-order valence-corrected chi connectivity index (χ4v) is 4.49. The first kappa shape index (κ1) is 26.1. The fraction of sp³-hybridized carbons (Fsp3) is 0.607. The van der Waals surface area contributed by atoms with E-state index in [-0.39, 0.29) is 24.4 Å². The van der Waals surface area contributed by atoms with Crippen molar-refractivity contribution < 1.29 is 13.9 Å². The second-order valence-electron chi connectivity index (χ2n) is 11.0. The number of hydrogen-bond acceptors (Lipinski definition) is 5. The van der Waals surface area contributed by atoms with Crippen molar-refractivity contribution in [2.45, 2.75) is 86.4 Å². The molecule has 0 radical (unpaired) electrons. The lowest BCUT2D eigenvalue weighted by Gasteiger charge is -2.40. The van der Waals surface area contributed by atoms with Crippen LogP contribution in [-0.2, 0) is 16.0 Å². The molecule has 3 rings (SSSR count). The molecule has 0 bridgehead atoms. The van der Waals surface area contributed by atoms with E-state index in [1.54, 1.807) is 12.3 Å². The van der Waals surface area contributed by atoms with Crippen LogP contribution in [0.3, 0.4) is 0 Å². The minimum atomic E-state index is -1.07. The Morgan fingerprint density at radius 3 is 2.35 bits per heavy atom. The average molecular weight is 470 g/mol. The molecule has 0 amide bonds. The lowest BCUT2D eigenvalue weighted by atomic mass is 9.82. The molecule has 0 spiro atoms. The quantitative estimate of drug-likeness (QED) is 0.406. The highest BCUT2D eigenvalue weighted by Crippen LogP contribution is 2.40. The van der Waals surface area contributed by atoms with Crippen LogP contribution in [0.2, 0.25) is 0 Å². The monoisotopic (exact) mass is 469 g/mol. The number of nitrogens with zero attached hydrogens (tertiary/aromatic N) is 3. The van der Waals surface area contributed by atoms with Gasteiger partial charge in [-0.15, -0.1) is 0 Å². The number of pyridine rings is 2. The number of carbonyl (C=O) groups is 1. The Morgan fingerprint density at radius 1 is 1.12 bits per heavy atom. The Kier molecular flexibility index (Phi) is 8.32. The molecule has 34 heavy (non-hydrogen) atoms. The summed E-state index contributed by atoms with van der Waals surface area (Å²) in [5.74, 6) is 0.0129. The number of hydrogen-bond donors (Lipinski definition) is 0. The van der Waals surface area contributed by atoms with Crippen molar-refractivity contribution in [3.63, 3.8) is 0 Å². The van der Waals surface area contributed by atoms with Crippen molar-refractivity contribution in [3.05, 3.63) is 41.5 Å². The van der Waals surface area contributed by atoms with Crippen molar-refractivity contribution in [1.29, 1.82) is 0 Å². The van der Waals surface area contributed by atoms with Crippen molar-refractivity contribution in [2.75, 3.05) is 18.0 Å². The van der Waals surface area contributed by atoms with Crippen LogP contribution in [0.4, 0.5) is 10.1 Å². The molecular weight excluding hydrogens is 429 g/mol. The second-order valence-corrected chi connectivity index (χ2v) is 11.0. The summed E-state index contributed by atoms with van der Waals surface area (Å²) in [6.45, 7) is 16.1. The van der Waals surface area contributed by atoms with E-state index in [2.05, 4.69) is 28.7 Å². The predicted molar refractivity (Wildman–Crippen MR) is 136 cm³/mol. The van der Waals surface area contributed by atoms with Gasteiger partial charge in [-0.1, -0.05) is 33.8 Å². The number of aryl methyl sites for hydroxylation is 1. The number of esters is 1. The maximum absolute atomic E-state index is 14.6. The molecule has 1 saturated heterocycles. The third-order valence-electron chi connectivity index (χ3n) is 6.58. The van der Waals surface area contributed by atoms with E-state index >= 15 is 0 Å². The average Bonchev–Trinajstić information content (AvgIpc) is 2.74. The van der Waals surface area contributed by atoms with Crippen LogP contribution in [-0.4, -0.2) is 35.1 Å². The van der Waals surface area contributed by atoms with Crippen LogP contribution >= 0.6 is 0 Å². The van der Waals surface area contributed by atoms with E-state index in [1.165, 1.54) is 0 Å². The Hall–Kier alpha value is -2.50. The van der Waals surface area contributed by atoms with Gasteiger partial charge in [-0.25, -0.2) is 4.39 Å². The highest BCUT2D eigenvalue weighted by Gasteiger charge is 2.29. The van der Waals surface area contributed by atoms with Crippen LogP contribution in [0.5, 0.6) is 0 Å². The van der Waals surface area contributed by atoms with E-state index in [0.717, 1.165) is 54.0 Å². The van der Waals surface area contributed by atoms with Gasteiger partial charge in [0.05, 0.1) is 23.9 Å². The van der Waals surface area contributed by atoms with Gasteiger partial charge in [0.25, 0.3) is 0 Å². The number of anilines is 1. The third-order valence-corrected chi connectivity index (χ3v) is 6.58. The van der Waals surface area contributed by atoms with Gasteiger partial charge in [-0.05, 0) is 57.4 Å². The molecule has 1 aliphatic rings. The second kappa shape index (κ2) is 10.8. The van der Waals surface area contributed by atoms with Crippen molar-refractivity contribution in [3.8, 4) is 11.1 Å². The molecule has 5 nitrogen and oxygen atoms in total. The molecule has 0 N–H and O–H groups in total. The number of piperidine rings is 1. The largest absolute Gasteiger partial charge is 0.463 e. The molecule has 1 fully saturated rings. The Morgan fingerprint density at radius 2 is 1.79 bits per heavy atom. The molecule has 1 aliphatic heterocycles. The Labute approximate surface area is 204 Å². The number of aromatic nitrogens is 2. The summed E-state index contributed by atoms with van der Waals surface area (Å²) in [6, 6.07) is 3.70. The predicted octanol–water partition coefficient (Wildman–Crippen LogP) is 6.63. The zero-order valence-electron chi connectivity index (χ0n) is 21.8. The number of alkyl halides is 1. The standard InChI is InChI=1S/C28H40FN3O2/c1-18(2)14-24(29)25-9-8-21(16-31-25)23-17-30-20(5)22(15-26(33)34-19(3)4)27(23)32-12-10-28(6,7)11-13-32/h8-9,16-19,24H,10-15H2,1-7H3. The first-order valence-electron chi connectivity index (χ1n) is 12.5. The first-order chi connectivity index (χ1) is 16.0. The van der Waals surface area contributed by atoms with Gasteiger partial charge in [-0.3, -0.25) is 14.8 Å². The Balaban J connectivity index is 2.02. The molecule has 2 aromatic rings. The van der Waals surface area contributed by atoms with E-state index < -0.39 is 6.17 Å². The van der Waals surface area contributed by atoms with Gasteiger partial charge >= 0.3 is 5.97 Å². The molecule has 3 heterocycles. The number of carbonyl (C=O) groups excluding carboxylic acids is 1. The summed E-state index contributed by atoms with van der Waals surface area (Å²) in [6.07, 6.45) is 5.12. The van der Waals surface area contributed by atoms with Crippen LogP contribution in [0, 0.1) is 18.3 Å². The van der Waals surface area contributed by atoms with E-state index in [0.29, 0.717) is 17.5 Å². The smallest absolute Gasteiger partial charge is 0.310 e. The minimum absolute atomic E-state index is 0.167. The van der Waals surface area contributed by atoms with E-state index in [1.807, 2.05) is 46.9 Å². The molecular formula is C28H40FN3O2. The van der Waals surface area contributed by atoms with Crippen LogP contribution in [0.15, 0.2) is 24.5 Å². The van der Waals surface area contributed by atoms with Gasteiger partial charge in [0.1, 0.15) is 6.17 Å². The van der Waals surface area contributed by atoms with E-state index in [4.69, 9.17) is 4.74 Å². The maximum atomic E-state index is 14.6. The molecule has 0 aromatic carbocycles. The maximum Gasteiger partial charge on any atom is 0.310 e. The van der Waals surface area contributed by atoms with Gasteiger partial charge in [0.15, 0.2) is 0 Å². The van der Waals surface area contributed by atoms with Gasteiger partial charge < -0.3 is 9.64 Å². The summed E-state index contributed by atoms with van der Waals surface area (Å²) < 4.78 is 20.1. The van der Waals surface area contributed by atoms with E-state index in [9.17, 15) is 9.18 Å². The van der Waals surface area contributed by atoms with Gasteiger partial charge in [-0.2, -0.15) is 0 Å². The summed E-state index contributed by atoms with van der Waals surface area (Å²) in [5.41, 5.74) is 5.31. The van der Waals surface area contributed by atoms with Gasteiger partial charge in [0, 0.05) is 47.9 Å². The minimum Gasteiger partial charge on any atom is -0.463 e. The third kappa shape index (κ3) is 6.55. The molecule has 2 aromatic heterocycles. The summed E-state index contributed by atoms with van der Waals surface area (Å²) in [7, 11) is 0. The normalized spacial score (nSPS) is 16.7. The summed E-state index contributed by atoms with van der Waals surface area (Å²) >= 11 is 0. The molecule has 1 atom stereocenters. The van der Waals surface area contributed by atoms with Crippen molar-refractivity contribution in [2.24, 2.45) is 11.3 Å². The van der Waals surface area contributed by atoms with Crippen molar-refractivity contribution >= 4 is 11.7 Å². The summed E-state index contributed by atoms with van der Waals surface area (Å²) in [4.78, 5) is 24.1. The molecule has 0 saturated carbocycles. The van der Waals surface area contributed by atoms with Crippen LogP contribution < -0.4 is 4.90 Å². The molecule has 1 unspecified atom stereocenters. The highest BCUT2D eigenvalue weighted by molar-refractivity contribution is 5.85. The summed E-state index contributed by atoms with van der Waals surface area (Å²) in [5, 5.41) is 0. The zero-order valence-corrected chi connectivity index (χ0v) is 21.8. The van der Waals surface area contributed by atoms with Crippen molar-refractivity contribution in [1.82, 2.24) is 9.97 Å². The zero-order chi connectivity index (χ0) is 25.0. The number of ether oxygens (including phenoxy) is 1. The lowest BCUT2D eigenvalue weighted by molar-refractivity contribution is -0.146. The SMILES string of the molecule is Cc1ncc(-c2ccc(C(F)CC(C)C)nc2)c(N2CCC(C)(C)CC2)c1CC(=O)OC(C)C. The van der Waals surface area contributed by atoms with Crippen LogP contribution in [0.1, 0.15) is 83.9 Å². The fourth-order valence-electron chi connectivity index (χ4n) is 4.49. The Bertz CT molecular complexity index is 976. The molecule has 186 valence electrons. The topological polar surface area (TPSA) is 55.3 Å². The lowest BCUT2D eigenvalue weighted by Crippen LogP contribution is -2.38. The number of rotatable bonds is 8.